The molecule has 0 saturated carbocycles. The number of halogens is 1. The van der Waals surface area contributed by atoms with Crippen LogP contribution in [0, 0.1) is 6.92 Å². The van der Waals surface area contributed by atoms with Crippen LogP contribution >= 0.6 is 11.3 Å². The molecule has 1 fully saturated rings. The van der Waals surface area contributed by atoms with E-state index in [0.29, 0.717) is 40.6 Å². The van der Waals surface area contributed by atoms with Gasteiger partial charge < -0.3 is 15.8 Å². The van der Waals surface area contributed by atoms with Crippen LogP contribution in [0.1, 0.15) is 40.8 Å². The summed E-state index contributed by atoms with van der Waals surface area (Å²) in [5.41, 5.74) is 9.59. The van der Waals surface area contributed by atoms with Gasteiger partial charge in [0.1, 0.15) is 28.7 Å². The van der Waals surface area contributed by atoms with E-state index in [0.717, 1.165) is 16.5 Å². The normalized spacial score (nSPS) is 21.1. The first kappa shape index (κ1) is 21.6. The van der Waals surface area contributed by atoms with Crippen LogP contribution in [0.25, 0.3) is 21.5 Å². The van der Waals surface area contributed by atoms with Crippen LogP contribution < -0.4 is 11.1 Å². The highest BCUT2D eigenvalue weighted by Crippen LogP contribution is 2.34. The van der Waals surface area contributed by atoms with Crippen molar-refractivity contribution in [3.8, 4) is 10.6 Å². The summed E-state index contributed by atoms with van der Waals surface area (Å²) in [4.78, 5) is 22.1. The number of aryl methyl sites for hydroxylation is 1. The Morgan fingerprint density at radius 1 is 1.30 bits per heavy atom. The molecular weight excluding hydrogens is 443 g/mol. The fourth-order valence-corrected chi connectivity index (χ4v) is 4.78. The monoisotopic (exact) mass is 466 g/mol. The number of alkyl halides is 1. The lowest BCUT2D eigenvalue weighted by Crippen LogP contribution is -2.32. The molecule has 0 spiro atoms. The van der Waals surface area contributed by atoms with Crippen molar-refractivity contribution in [3.05, 3.63) is 59.0 Å². The number of para-hydroxylation sites is 1. The Hall–Kier alpha value is -3.21. The molecule has 1 saturated heterocycles. The predicted octanol–water partition coefficient (Wildman–Crippen LogP) is 4.16. The van der Waals surface area contributed by atoms with Gasteiger partial charge >= 0.3 is 0 Å². The zero-order valence-corrected chi connectivity index (χ0v) is 18.7. The number of ether oxygens (including phenoxy) is 1. The Morgan fingerprint density at radius 3 is 3.03 bits per heavy atom. The fraction of sp³-hybridized carbons (Fsp3) is 0.304. The van der Waals surface area contributed by atoms with E-state index in [1.54, 1.807) is 18.5 Å². The molecule has 10 heteroatoms. The second-order valence-corrected chi connectivity index (χ2v) is 8.92. The Labute approximate surface area is 193 Å². The first-order valence-corrected chi connectivity index (χ1v) is 11.6. The van der Waals surface area contributed by atoms with Crippen molar-refractivity contribution in [1.29, 1.82) is 0 Å². The van der Waals surface area contributed by atoms with Crippen molar-refractivity contribution >= 4 is 33.8 Å². The third kappa shape index (κ3) is 4.24. The van der Waals surface area contributed by atoms with Gasteiger partial charge in [0.25, 0.3) is 5.91 Å². The van der Waals surface area contributed by atoms with Crippen molar-refractivity contribution in [2.24, 2.45) is 5.73 Å². The second-order valence-electron chi connectivity index (χ2n) is 8.06. The van der Waals surface area contributed by atoms with Crippen LogP contribution in [0.4, 0.5) is 10.1 Å². The quantitative estimate of drug-likeness (QED) is 0.416. The van der Waals surface area contributed by atoms with E-state index in [9.17, 15) is 9.18 Å². The minimum absolute atomic E-state index is 0.0976. The lowest BCUT2D eigenvalue weighted by atomic mass is 10.0. The molecule has 1 aliphatic heterocycles. The number of nitrogens with two attached hydrogens (primary N) is 1. The average Bonchev–Trinajstić information content (AvgIpc) is 3.42. The van der Waals surface area contributed by atoms with Gasteiger partial charge in [0.05, 0.1) is 23.5 Å². The molecule has 33 heavy (non-hydrogen) atoms. The minimum atomic E-state index is -1.22. The van der Waals surface area contributed by atoms with E-state index < -0.39 is 18.3 Å². The number of pyridine rings is 1. The summed E-state index contributed by atoms with van der Waals surface area (Å²) in [5.74, 6) is -0.356. The molecule has 8 nitrogen and oxygen atoms in total. The lowest BCUT2D eigenvalue weighted by molar-refractivity contribution is 0.0267. The number of hydrogen-bond acceptors (Lipinski definition) is 7. The zero-order chi connectivity index (χ0) is 22.9. The van der Waals surface area contributed by atoms with Gasteiger partial charge in [0.2, 0.25) is 0 Å². The van der Waals surface area contributed by atoms with Gasteiger partial charge in [-0.25, -0.2) is 9.37 Å². The summed E-state index contributed by atoms with van der Waals surface area (Å²) in [6.45, 7) is 1.71. The molecule has 4 N–H and O–H groups in total. The molecule has 0 bridgehead atoms. The molecule has 3 atom stereocenters. The molecule has 1 amide bonds. The predicted molar refractivity (Wildman–Crippen MR) is 125 cm³/mol. The molecule has 4 heterocycles. The number of aromatic nitrogens is 4. The van der Waals surface area contributed by atoms with Gasteiger partial charge in [-0.05, 0) is 31.9 Å². The number of nitrogens with zero attached hydrogens (tertiary/aromatic N) is 3. The van der Waals surface area contributed by atoms with Gasteiger partial charge in [0, 0.05) is 28.6 Å². The van der Waals surface area contributed by atoms with E-state index in [1.165, 1.54) is 11.3 Å². The molecule has 3 aromatic heterocycles. The molecule has 0 radical (unpaired) electrons. The summed E-state index contributed by atoms with van der Waals surface area (Å²) in [5, 5.41) is 13.5. The molecule has 4 aromatic rings. The number of amides is 1. The van der Waals surface area contributed by atoms with Crippen molar-refractivity contribution < 1.29 is 13.9 Å². The molecule has 5 rings (SSSR count). The zero-order valence-electron chi connectivity index (χ0n) is 17.9. The largest absolute Gasteiger partial charge is 0.369 e. The standard InChI is InChI=1S/C23H23FN6O2S/c1-12-19(21(30-29-12)18-8-7-16(25)15(24)10-32-18)28-22(31)17-11-33-23(27-17)14-6-2-4-13-5-3-9-26-20(13)14/h2-6,9,11,15-16,18H,7-8,10,25H2,1H3,(H,28,31)(H,29,30)/t15-,16-,18+/m1/s1. The number of thiazole rings is 1. The second kappa shape index (κ2) is 8.97. The van der Waals surface area contributed by atoms with Crippen LogP contribution in [0.15, 0.2) is 41.9 Å². The SMILES string of the molecule is Cc1[nH]nc([C@@H]2CC[C@@H](N)[C@H](F)CO2)c1NC(=O)c1csc(-c2cccc3cccnc23)n1. The van der Waals surface area contributed by atoms with Crippen LogP contribution in [0.3, 0.4) is 0 Å². The van der Waals surface area contributed by atoms with Gasteiger partial charge in [-0.2, -0.15) is 5.10 Å². The Morgan fingerprint density at radius 2 is 2.15 bits per heavy atom. The Bertz CT molecular complexity index is 1290. The number of aromatic amines is 1. The number of nitrogens with one attached hydrogen (secondary N) is 2. The number of fused-ring (bicyclic) bond motifs is 1. The highest BCUT2D eigenvalue weighted by Gasteiger charge is 2.30. The van der Waals surface area contributed by atoms with Crippen molar-refractivity contribution in [2.75, 3.05) is 11.9 Å². The Balaban J connectivity index is 1.38. The molecule has 170 valence electrons. The summed E-state index contributed by atoms with van der Waals surface area (Å²) in [6, 6.07) is 9.19. The highest BCUT2D eigenvalue weighted by molar-refractivity contribution is 7.13. The number of carbonyl (C=O) groups excluding carboxylic acids is 1. The summed E-state index contributed by atoms with van der Waals surface area (Å²) < 4.78 is 19.7. The number of hydrogen-bond donors (Lipinski definition) is 3. The lowest BCUT2D eigenvalue weighted by Gasteiger charge is -2.15. The van der Waals surface area contributed by atoms with Gasteiger partial charge in [-0.1, -0.05) is 18.2 Å². The molecule has 1 aliphatic rings. The minimum Gasteiger partial charge on any atom is -0.369 e. The van der Waals surface area contributed by atoms with Crippen LogP contribution in [-0.4, -0.2) is 44.9 Å². The maximum atomic E-state index is 13.9. The molecular formula is C23H23FN6O2S. The van der Waals surface area contributed by atoms with Crippen LogP contribution in [0.5, 0.6) is 0 Å². The van der Waals surface area contributed by atoms with E-state index in [4.69, 9.17) is 10.5 Å². The Kier molecular flexibility index (Phi) is 5.88. The van der Waals surface area contributed by atoms with E-state index in [2.05, 4.69) is 25.5 Å². The average molecular weight is 467 g/mol. The molecule has 0 unspecified atom stereocenters. The summed E-state index contributed by atoms with van der Waals surface area (Å²) in [6.07, 6.45) is 1.06. The number of rotatable bonds is 4. The topological polar surface area (TPSA) is 119 Å². The summed E-state index contributed by atoms with van der Waals surface area (Å²) in [7, 11) is 0. The van der Waals surface area contributed by atoms with E-state index in [-0.39, 0.29) is 12.5 Å². The highest BCUT2D eigenvalue weighted by atomic mass is 32.1. The van der Waals surface area contributed by atoms with Crippen molar-refractivity contribution in [1.82, 2.24) is 20.2 Å². The summed E-state index contributed by atoms with van der Waals surface area (Å²) >= 11 is 1.38. The van der Waals surface area contributed by atoms with E-state index in [1.807, 2.05) is 30.3 Å². The maximum Gasteiger partial charge on any atom is 0.275 e. The molecule has 0 aliphatic carbocycles. The number of carbonyl (C=O) groups is 1. The van der Waals surface area contributed by atoms with Gasteiger partial charge in [-0.15, -0.1) is 11.3 Å². The van der Waals surface area contributed by atoms with Crippen molar-refractivity contribution in [3.63, 3.8) is 0 Å². The first-order chi connectivity index (χ1) is 16.0. The van der Waals surface area contributed by atoms with Gasteiger partial charge in [0.15, 0.2) is 0 Å². The number of benzene rings is 1. The van der Waals surface area contributed by atoms with Crippen LogP contribution in [0.2, 0.25) is 0 Å². The fourth-order valence-electron chi connectivity index (χ4n) is 3.95. The van der Waals surface area contributed by atoms with E-state index >= 15 is 0 Å². The van der Waals surface area contributed by atoms with Crippen molar-refractivity contribution in [2.45, 2.75) is 38.1 Å². The maximum absolute atomic E-state index is 13.9. The number of anilines is 1. The molecule has 1 aromatic carbocycles. The third-order valence-electron chi connectivity index (χ3n) is 5.80. The third-order valence-corrected chi connectivity index (χ3v) is 6.68. The van der Waals surface area contributed by atoms with Gasteiger partial charge in [-0.3, -0.25) is 14.9 Å². The van der Waals surface area contributed by atoms with Crippen LogP contribution in [-0.2, 0) is 4.74 Å². The smallest absolute Gasteiger partial charge is 0.275 e. The first-order valence-electron chi connectivity index (χ1n) is 10.7. The number of H-pyrrole nitrogens is 1.